The summed E-state index contributed by atoms with van der Waals surface area (Å²) in [5.74, 6) is -0.0200. The Hall–Kier alpha value is -2.53. The molecule has 0 bridgehead atoms. The van der Waals surface area contributed by atoms with E-state index in [4.69, 9.17) is 11.6 Å². The summed E-state index contributed by atoms with van der Waals surface area (Å²) in [6, 6.07) is 14.5. The third-order valence-corrected chi connectivity index (χ3v) is 5.10. The molecule has 2 aromatic rings. The molecule has 1 fully saturated rings. The largest absolute Gasteiger partial charge is 0.336 e. The monoisotopic (exact) mass is 371 g/mol. The number of urea groups is 1. The Morgan fingerprint density at radius 2 is 2.00 bits per heavy atom. The van der Waals surface area contributed by atoms with Crippen LogP contribution < -0.4 is 5.32 Å². The maximum absolute atomic E-state index is 12.7. The third-order valence-electron chi connectivity index (χ3n) is 4.70. The van der Waals surface area contributed by atoms with E-state index >= 15 is 0 Å². The van der Waals surface area contributed by atoms with Gasteiger partial charge in [-0.3, -0.25) is 4.79 Å². The molecule has 6 heteroatoms. The fourth-order valence-corrected chi connectivity index (χ4v) is 3.25. The number of nitrogens with one attached hydrogen (secondary N) is 1. The summed E-state index contributed by atoms with van der Waals surface area (Å²) in [6.45, 7) is 3.12. The lowest BCUT2D eigenvalue weighted by molar-refractivity contribution is -0.131. The molecule has 0 saturated carbocycles. The minimum Gasteiger partial charge on any atom is -0.336 e. The average Bonchev–Trinajstić information content (AvgIpc) is 2.99. The van der Waals surface area contributed by atoms with Crippen molar-refractivity contribution in [1.29, 1.82) is 0 Å². The zero-order valence-electron chi connectivity index (χ0n) is 14.9. The van der Waals surface area contributed by atoms with E-state index in [1.54, 1.807) is 24.1 Å². The zero-order chi connectivity index (χ0) is 18.7. The van der Waals surface area contributed by atoms with Gasteiger partial charge in [-0.05, 0) is 36.6 Å². The average molecular weight is 372 g/mol. The minimum absolute atomic E-state index is 0.0200. The predicted molar refractivity (Wildman–Crippen MR) is 103 cm³/mol. The van der Waals surface area contributed by atoms with Gasteiger partial charge in [0.1, 0.15) is 6.04 Å². The maximum Gasteiger partial charge on any atom is 0.322 e. The molecule has 3 rings (SSSR count). The highest BCUT2D eigenvalue weighted by Crippen LogP contribution is 2.22. The van der Waals surface area contributed by atoms with Crippen LogP contribution in [0.2, 0.25) is 5.02 Å². The molecule has 0 aliphatic carbocycles. The highest BCUT2D eigenvalue weighted by Gasteiger charge is 2.36. The van der Waals surface area contributed by atoms with E-state index in [9.17, 15) is 9.59 Å². The van der Waals surface area contributed by atoms with Crippen molar-refractivity contribution >= 4 is 29.2 Å². The molecule has 1 N–H and O–H groups in total. The van der Waals surface area contributed by atoms with Crippen LogP contribution in [0.25, 0.3) is 0 Å². The van der Waals surface area contributed by atoms with Crippen LogP contribution in [0.5, 0.6) is 0 Å². The van der Waals surface area contributed by atoms with Crippen molar-refractivity contribution in [3.63, 3.8) is 0 Å². The highest BCUT2D eigenvalue weighted by molar-refractivity contribution is 6.31. The number of likely N-dealkylation sites (tertiary alicyclic amines) is 1. The van der Waals surface area contributed by atoms with Gasteiger partial charge >= 0.3 is 6.03 Å². The van der Waals surface area contributed by atoms with Crippen molar-refractivity contribution in [1.82, 2.24) is 9.80 Å². The van der Waals surface area contributed by atoms with Gasteiger partial charge in [-0.15, -0.1) is 0 Å². The fraction of sp³-hybridized carbons (Fsp3) is 0.300. The number of amides is 3. The third kappa shape index (κ3) is 3.99. The molecule has 0 aromatic heterocycles. The Balaban J connectivity index is 1.62. The quantitative estimate of drug-likeness (QED) is 0.885. The number of hydrogen-bond acceptors (Lipinski definition) is 2. The number of nitrogens with zero attached hydrogens (tertiary/aromatic N) is 2. The summed E-state index contributed by atoms with van der Waals surface area (Å²) in [6.07, 6.45) is 0.629. The molecule has 1 atom stereocenters. The Labute approximate surface area is 158 Å². The van der Waals surface area contributed by atoms with Crippen molar-refractivity contribution < 1.29 is 9.59 Å². The molecule has 2 aromatic carbocycles. The first-order chi connectivity index (χ1) is 12.5. The van der Waals surface area contributed by atoms with Crippen LogP contribution in [0.3, 0.4) is 0 Å². The Morgan fingerprint density at radius 3 is 2.69 bits per heavy atom. The number of carbonyl (C=O) groups is 2. The fourth-order valence-electron chi connectivity index (χ4n) is 3.07. The number of hydrogen-bond donors (Lipinski definition) is 1. The molecular formula is C20H22ClN3O2. The van der Waals surface area contributed by atoms with Gasteiger partial charge < -0.3 is 15.1 Å². The van der Waals surface area contributed by atoms with Crippen LogP contribution in [0.4, 0.5) is 10.5 Å². The van der Waals surface area contributed by atoms with Gasteiger partial charge in [-0.25, -0.2) is 4.79 Å². The number of likely N-dealkylation sites (N-methyl/N-ethyl adjacent to an activating group) is 1. The summed E-state index contributed by atoms with van der Waals surface area (Å²) < 4.78 is 0. The second kappa shape index (κ2) is 7.79. The van der Waals surface area contributed by atoms with Gasteiger partial charge in [0.2, 0.25) is 5.91 Å². The summed E-state index contributed by atoms with van der Waals surface area (Å²) in [7, 11) is 1.65. The predicted octanol–water partition coefficient (Wildman–Crippen LogP) is 3.91. The van der Waals surface area contributed by atoms with E-state index in [-0.39, 0.29) is 11.9 Å². The van der Waals surface area contributed by atoms with Gasteiger partial charge in [0.05, 0.1) is 0 Å². The molecule has 1 unspecified atom stereocenters. The second-order valence-electron chi connectivity index (χ2n) is 6.55. The molecule has 5 nitrogen and oxygen atoms in total. The van der Waals surface area contributed by atoms with Crippen molar-refractivity contribution in [3.05, 3.63) is 64.7 Å². The lowest BCUT2D eigenvalue weighted by Crippen LogP contribution is -2.44. The first-order valence-corrected chi connectivity index (χ1v) is 8.96. The van der Waals surface area contributed by atoms with E-state index in [0.717, 1.165) is 11.1 Å². The van der Waals surface area contributed by atoms with Crippen molar-refractivity contribution in [2.75, 3.05) is 18.9 Å². The highest BCUT2D eigenvalue weighted by atomic mass is 35.5. The number of halogens is 1. The van der Waals surface area contributed by atoms with Crippen LogP contribution in [0.15, 0.2) is 48.5 Å². The number of rotatable bonds is 4. The van der Waals surface area contributed by atoms with Crippen LogP contribution in [-0.4, -0.2) is 41.4 Å². The maximum atomic E-state index is 12.7. The number of aryl methyl sites for hydroxylation is 1. The van der Waals surface area contributed by atoms with E-state index in [0.29, 0.717) is 30.2 Å². The Morgan fingerprint density at radius 1 is 1.27 bits per heavy atom. The molecule has 136 valence electrons. The molecular weight excluding hydrogens is 350 g/mol. The SMILES string of the molecule is Cc1ccc(NC(=O)N(C)C2CCN(Cc3ccccc3)C2=O)cc1Cl. The first-order valence-electron chi connectivity index (χ1n) is 8.58. The molecule has 1 aliphatic heterocycles. The van der Waals surface area contributed by atoms with Crippen molar-refractivity contribution in [3.8, 4) is 0 Å². The number of carbonyl (C=O) groups excluding carboxylic acids is 2. The number of benzene rings is 2. The minimum atomic E-state index is -0.445. The molecule has 3 amide bonds. The van der Waals surface area contributed by atoms with E-state index in [1.165, 1.54) is 4.90 Å². The van der Waals surface area contributed by atoms with Crippen molar-refractivity contribution in [2.24, 2.45) is 0 Å². The van der Waals surface area contributed by atoms with E-state index < -0.39 is 6.04 Å². The molecule has 0 radical (unpaired) electrons. The normalized spacial score (nSPS) is 16.7. The van der Waals surface area contributed by atoms with Crippen LogP contribution in [0, 0.1) is 6.92 Å². The number of anilines is 1. The summed E-state index contributed by atoms with van der Waals surface area (Å²) in [4.78, 5) is 28.5. The van der Waals surface area contributed by atoms with E-state index in [2.05, 4.69) is 5.32 Å². The van der Waals surface area contributed by atoms with Gasteiger partial charge in [0, 0.05) is 30.8 Å². The van der Waals surface area contributed by atoms with Gasteiger partial charge in [-0.1, -0.05) is 48.0 Å². The lowest BCUT2D eigenvalue weighted by atomic mass is 10.2. The van der Waals surface area contributed by atoms with Crippen molar-refractivity contribution in [2.45, 2.75) is 25.9 Å². The summed E-state index contributed by atoms with van der Waals surface area (Å²) >= 11 is 6.10. The topological polar surface area (TPSA) is 52.7 Å². The van der Waals surface area contributed by atoms with E-state index in [1.807, 2.05) is 43.3 Å². The molecule has 26 heavy (non-hydrogen) atoms. The molecule has 1 aliphatic rings. The van der Waals surface area contributed by atoms with Gasteiger partial charge in [0.15, 0.2) is 0 Å². The second-order valence-corrected chi connectivity index (χ2v) is 6.96. The zero-order valence-corrected chi connectivity index (χ0v) is 15.7. The van der Waals surface area contributed by atoms with Gasteiger partial charge in [-0.2, -0.15) is 0 Å². The summed E-state index contributed by atoms with van der Waals surface area (Å²) in [5.41, 5.74) is 2.65. The van der Waals surface area contributed by atoms with Gasteiger partial charge in [0.25, 0.3) is 0 Å². The standard InChI is InChI=1S/C20H22ClN3O2/c1-14-8-9-16(12-17(14)21)22-20(26)23(2)18-10-11-24(19(18)25)13-15-6-4-3-5-7-15/h3-9,12,18H,10-11,13H2,1-2H3,(H,22,26). The molecule has 1 saturated heterocycles. The molecule has 1 heterocycles. The molecule has 0 spiro atoms. The Bertz CT molecular complexity index is 810. The first kappa shape index (κ1) is 18.3. The van der Waals surface area contributed by atoms with Crippen LogP contribution >= 0.6 is 11.6 Å². The Kier molecular flexibility index (Phi) is 5.47. The van der Waals surface area contributed by atoms with Crippen LogP contribution in [-0.2, 0) is 11.3 Å². The smallest absolute Gasteiger partial charge is 0.322 e. The summed E-state index contributed by atoms with van der Waals surface area (Å²) in [5, 5.41) is 3.40. The van der Waals surface area contributed by atoms with Crippen LogP contribution in [0.1, 0.15) is 17.5 Å². The lowest BCUT2D eigenvalue weighted by Gasteiger charge is -2.24.